The highest BCUT2D eigenvalue weighted by Crippen LogP contribution is 2.25. The van der Waals surface area contributed by atoms with Crippen LogP contribution in [-0.4, -0.2) is 33.6 Å². The second kappa shape index (κ2) is 6.13. The average molecular weight is 272 g/mol. The molecule has 0 bridgehead atoms. The minimum Gasteiger partial charge on any atom is -0.338 e. The highest BCUT2D eigenvalue weighted by molar-refractivity contribution is 5.51. The second-order valence-electron chi connectivity index (χ2n) is 5.60. The monoisotopic (exact) mass is 272 g/mol. The normalized spacial score (nSPS) is 16.1. The van der Waals surface area contributed by atoms with Crippen molar-refractivity contribution in [1.82, 2.24) is 20.0 Å². The maximum Gasteiger partial charge on any atom is 0.241 e. The maximum atomic E-state index is 5.32. The summed E-state index contributed by atoms with van der Waals surface area (Å²) in [5.74, 6) is 2.12. The molecule has 1 aliphatic rings. The Bertz CT molecular complexity index is 534. The lowest BCUT2D eigenvalue weighted by molar-refractivity contribution is 0.234. The first-order chi connectivity index (χ1) is 9.81. The van der Waals surface area contributed by atoms with Crippen molar-refractivity contribution in [3.05, 3.63) is 30.4 Å². The number of rotatable bonds is 5. The van der Waals surface area contributed by atoms with Crippen LogP contribution in [0.25, 0.3) is 11.4 Å². The molecule has 0 aromatic carbocycles. The highest BCUT2D eigenvalue weighted by atomic mass is 16.5. The van der Waals surface area contributed by atoms with Crippen LogP contribution in [0.15, 0.2) is 29.0 Å². The third kappa shape index (κ3) is 3.22. The van der Waals surface area contributed by atoms with Gasteiger partial charge in [0.1, 0.15) is 0 Å². The van der Waals surface area contributed by atoms with E-state index in [1.807, 2.05) is 12.1 Å². The topological polar surface area (TPSA) is 55.1 Å². The first-order valence-corrected chi connectivity index (χ1v) is 7.23. The molecule has 0 spiro atoms. The molecular formula is C15H20N4O. The minimum absolute atomic E-state index is 0.613. The molecule has 106 valence electrons. The van der Waals surface area contributed by atoms with E-state index < -0.39 is 0 Å². The molecule has 2 aromatic rings. The molecule has 20 heavy (non-hydrogen) atoms. The Balaban J connectivity index is 1.59. The van der Waals surface area contributed by atoms with Crippen molar-refractivity contribution in [2.45, 2.75) is 32.2 Å². The zero-order valence-electron chi connectivity index (χ0n) is 11.8. The number of pyridine rings is 1. The fourth-order valence-electron chi connectivity index (χ4n) is 2.86. The molecule has 0 unspecified atom stereocenters. The molecule has 0 amide bonds. The molecule has 5 nitrogen and oxygen atoms in total. The van der Waals surface area contributed by atoms with E-state index >= 15 is 0 Å². The third-order valence-electron chi connectivity index (χ3n) is 3.84. The summed E-state index contributed by atoms with van der Waals surface area (Å²) in [6.07, 6.45) is 8.95. The molecule has 0 aliphatic heterocycles. The van der Waals surface area contributed by atoms with Crippen LogP contribution in [-0.2, 0) is 6.54 Å². The van der Waals surface area contributed by atoms with Crippen molar-refractivity contribution in [1.29, 1.82) is 0 Å². The van der Waals surface area contributed by atoms with Crippen molar-refractivity contribution < 1.29 is 4.52 Å². The Kier molecular flexibility index (Phi) is 4.06. The summed E-state index contributed by atoms with van der Waals surface area (Å²) in [7, 11) is 2.12. The van der Waals surface area contributed by atoms with Gasteiger partial charge < -0.3 is 4.52 Å². The molecule has 0 atom stereocenters. The molecule has 2 aromatic heterocycles. The quantitative estimate of drug-likeness (QED) is 0.837. The van der Waals surface area contributed by atoms with E-state index in [0.717, 1.165) is 18.0 Å². The van der Waals surface area contributed by atoms with Crippen molar-refractivity contribution in [2.24, 2.45) is 5.92 Å². The molecule has 2 heterocycles. The number of hydrogen-bond acceptors (Lipinski definition) is 5. The smallest absolute Gasteiger partial charge is 0.241 e. The highest BCUT2D eigenvalue weighted by Gasteiger charge is 2.18. The fourth-order valence-corrected chi connectivity index (χ4v) is 2.86. The van der Waals surface area contributed by atoms with Crippen LogP contribution in [0.2, 0.25) is 0 Å². The zero-order chi connectivity index (χ0) is 13.8. The van der Waals surface area contributed by atoms with Crippen molar-refractivity contribution >= 4 is 0 Å². The number of aromatic nitrogens is 3. The van der Waals surface area contributed by atoms with E-state index in [2.05, 4.69) is 27.1 Å². The largest absolute Gasteiger partial charge is 0.338 e. The van der Waals surface area contributed by atoms with Crippen LogP contribution in [0.5, 0.6) is 0 Å². The Hall–Kier alpha value is -1.75. The minimum atomic E-state index is 0.613. The summed E-state index contributed by atoms with van der Waals surface area (Å²) >= 11 is 0. The van der Waals surface area contributed by atoms with Gasteiger partial charge >= 0.3 is 0 Å². The Labute approximate surface area is 119 Å². The van der Waals surface area contributed by atoms with Gasteiger partial charge in [-0.15, -0.1) is 0 Å². The third-order valence-corrected chi connectivity index (χ3v) is 3.84. The standard InChI is InChI=1S/C15H20N4O/c1-19(10-12-5-2-3-6-12)11-14-17-15(18-20-14)13-7-4-8-16-9-13/h4,7-9,12H,2-3,5-6,10-11H2,1H3. The molecule has 5 heteroatoms. The summed E-state index contributed by atoms with van der Waals surface area (Å²) < 4.78 is 5.32. The lowest BCUT2D eigenvalue weighted by Crippen LogP contribution is -2.24. The van der Waals surface area contributed by atoms with E-state index in [1.54, 1.807) is 12.4 Å². The van der Waals surface area contributed by atoms with E-state index in [0.29, 0.717) is 18.3 Å². The second-order valence-corrected chi connectivity index (χ2v) is 5.60. The van der Waals surface area contributed by atoms with Crippen molar-refractivity contribution in [2.75, 3.05) is 13.6 Å². The predicted octanol–water partition coefficient (Wildman–Crippen LogP) is 2.75. The van der Waals surface area contributed by atoms with Gasteiger partial charge in [-0.2, -0.15) is 4.98 Å². The Morgan fingerprint density at radius 2 is 2.20 bits per heavy atom. The van der Waals surface area contributed by atoms with Crippen LogP contribution < -0.4 is 0 Å². The van der Waals surface area contributed by atoms with E-state index in [-0.39, 0.29) is 0 Å². The average Bonchev–Trinajstić information content (AvgIpc) is 3.11. The maximum absolute atomic E-state index is 5.32. The van der Waals surface area contributed by atoms with Gasteiger partial charge in [0, 0.05) is 24.5 Å². The van der Waals surface area contributed by atoms with E-state index in [4.69, 9.17) is 4.52 Å². The molecule has 1 aliphatic carbocycles. The summed E-state index contributed by atoms with van der Waals surface area (Å²) in [6, 6.07) is 3.81. The van der Waals surface area contributed by atoms with Gasteiger partial charge in [0.2, 0.25) is 11.7 Å². The molecule has 0 saturated heterocycles. The van der Waals surface area contributed by atoms with Crippen LogP contribution in [0, 0.1) is 5.92 Å². The van der Waals surface area contributed by atoms with Gasteiger partial charge in [0.15, 0.2) is 0 Å². The van der Waals surface area contributed by atoms with Crippen LogP contribution in [0.4, 0.5) is 0 Å². The first kappa shape index (κ1) is 13.2. The predicted molar refractivity (Wildman–Crippen MR) is 75.8 cm³/mol. The summed E-state index contributed by atoms with van der Waals surface area (Å²) in [5.41, 5.74) is 0.890. The summed E-state index contributed by atoms with van der Waals surface area (Å²) in [4.78, 5) is 10.8. The Morgan fingerprint density at radius 3 is 2.95 bits per heavy atom. The summed E-state index contributed by atoms with van der Waals surface area (Å²) in [5, 5.41) is 4.02. The molecule has 0 N–H and O–H groups in total. The molecule has 3 rings (SSSR count). The van der Waals surface area contributed by atoms with Gasteiger partial charge in [0.25, 0.3) is 0 Å². The first-order valence-electron chi connectivity index (χ1n) is 7.23. The Morgan fingerprint density at radius 1 is 1.35 bits per heavy atom. The van der Waals surface area contributed by atoms with Gasteiger partial charge in [-0.1, -0.05) is 18.0 Å². The van der Waals surface area contributed by atoms with E-state index in [9.17, 15) is 0 Å². The summed E-state index contributed by atoms with van der Waals surface area (Å²) in [6.45, 7) is 1.83. The van der Waals surface area contributed by atoms with Crippen molar-refractivity contribution in [3.63, 3.8) is 0 Å². The molecular weight excluding hydrogens is 252 g/mol. The van der Waals surface area contributed by atoms with Gasteiger partial charge in [-0.3, -0.25) is 9.88 Å². The lowest BCUT2D eigenvalue weighted by atomic mass is 10.1. The van der Waals surface area contributed by atoms with Crippen LogP contribution in [0.1, 0.15) is 31.6 Å². The molecule has 1 saturated carbocycles. The SMILES string of the molecule is CN(Cc1nc(-c2cccnc2)no1)CC1CCCC1. The van der Waals surface area contributed by atoms with Gasteiger partial charge in [0.05, 0.1) is 6.54 Å². The van der Waals surface area contributed by atoms with Crippen LogP contribution in [0.3, 0.4) is 0 Å². The number of nitrogens with zero attached hydrogens (tertiary/aromatic N) is 4. The van der Waals surface area contributed by atoms with Crippen molar-refractivity contribution in [3.8, 4) is 11.4 Å². The fraction of sp³-hybridized carbons (Fsp3) is 0.533. The van der Waals surface area contributed by atoms with Gasteiger partial charge in [-0.25, -0.2) is 0 Å². The lowest BCUT2D eigenvalue weighted by Gasteiger charge is -2.18. The molecule has 0 radical (unpaired) electrons. The zero-order valence-corrected chi connectivity index (χ0v) is 11.8. The van der Waals surface area contributed by atoms with E-state index in [1.165, 1.54) is 25.7 Å². The van der Waals surface area contributed by atoms with Gasteiger partial charge in [-0.05, 0) is 37.9 Å². The number of hydrogen-bond donors (Lipinski definition) is 0. The molecule has 1 fully saturated rings. The van der Waals surface area contributed by atoms with Crippen LogP contribution >= 0.6 is 0 Å².